The molecular weight excluding hydrogens is 426 g/mol. The summed E-state index contributed by atoms with van der Waals surface area (Å²) in [5.41, 5.74) is 2.58. The topological polar surface area (TPSA) is 72.9 Å². The second-order valence-electron chi connectivity index (χ2n) is 10.5. The van der Waals surface area contributed by atoms with Crippen LogP contribution in [0.25, 0.3) is 0 Å². The predicted molar refractivity (Wildman–Crippen MR) is 133 cm³/mol. The number of carbonyl (C=O) groups is 2. The highest BCUT2D eigenvalue weighted by atomic mass is 16.3. The number of aryl methyl sites for hydroxylation is 2. The normalized spacial score (nSPS) is 21.4. The first-order valence-corrected chi connectivity index (χ1v) is 12.3. The second-order valence-corrected chi connectivity index (χ2v) is 10.5. The van der Waals surface area contributed by atoms with Gasteiger partial charge in [0.2, 0.25) is 0 Å². The molecule has 2 unspecified atom stereocenters. The maximum Gasteiger partial charge on any atom is 0.254 e. The molecule has 6 heteroatoms. The molecule has 2 aromatic rings. The lowest BCUT2D eigenvalue weighted by molar-refractivity contribution is -0.137. The van der Waals surface area contributed by atoms with Crippen LogP contribution in [0.3, 0.4) is 0 Å². The molecule has 2 saturated heterocycles. The SMILES string of the molecule is Cc1cccc(C)c1C(=O)N1CC2CN(CCC(NC(=O)C(C)(C)O)c3ccccc3)C[C@H]2C1. The molecule has 2 aliphatic rings. The standard InChI is InChI=1S/C28H37N3O3/c1-19-9-8-10-20(2)25(19)26(32)31-17-22-15-30(16-23(22)18-31)14-13-24(21-11-6-5-7-12-21)29-27(33)28(3,4)34/h5-12,22-24,34H,13-18H2,1-4H3,(H,29,33)/t22-,23?,24?/m0/s1. The van der Waals surface area contributed by atoms with Crippen LogP contribution in [0.2, 0.25) is 0 Å². The smallest absolute Gasteiger partial charge is 0.254 e. The third kappa shape index (κ3) is 5.34. The summed E-state index contributed by atoms with van der Waals surface area (Å²) in [6.45, 7) is 11.5. The fourth-order valence-corrected chi connectivity index (χ4v) is 5.40. The van der Waals surface area contributed by atoms with Crippen LogP contribution in [-0.4, -0.2) is 65.0 Å². The summed E-state index contributed by atoms with van der Waals surface area (Å²) < 4.78 is 0. The highest BCUT2D eigenvalue weighted by Gasteiger charge is 2.42. The van der Waals surface area contributed by atoms with E-state index in [1.165, 1.54) is 13.8 Å². The third-order valence-corrected chi connectivity index (χ3v) is 7.34. The molecule has 0 spiro atoms. The van der Waals surface area contributed by atoms with Crippen molar-refractivity contribution in [3.8, 4) is 0 Å². The Morgan fingerprint density at radius 2 is 1.56 bits per heavy atom. The average Bonchev–Trinajstić information content (AvgIpc) is 3.35. The van der Waals surface area contributed by atoms with E-state index in [4.69, 9.17) is 0 Å². The molecule has 2 aliphatic heterocycles. The van der Waals surface area contributed by atoms with Crippen molar-refractivity contribution in [3.63, 3.8) is 0 Å². The molecule has 0 saturated carbocycles. The Morgan fingerprint density at radius 1 is 0.971 bits per heavy atom. The Bertz CT molecular complexity index is 997. The monoisotopic (exact) mass is 463 g/mol. The molecule has 3 atom stereocenters. The van der Waals surface area contributed by atoms with Gasteiger partial charge in [-0.15, -0.1) is 0 Å². The van der Waals surface area contributed by atoms with Crippen molar-refractivity contribution in [2.24, 2.45) is 11.8 Å². The zero-order valence-corrected chi connectivity index (χ0v) is 20.8. The Balaban J connectivity index is 1.34. The average molecular weight is 464 g/mol. The number of hydrogen-bond acceptors (Lipinski definition) is 4. The molecule has 4 rings (SSSR count). The Hall–Kier alpha value is -2.70. The van der Waals surface area contributed by atoms with E-state index in [9.17, 15) is 14.7 Å². The summed E-state index contributed by atoms with van der Waals surface area (Å²) in [5, 5.41) is 13.1. The molecule has 2 amide bonds. The van der Waals surface area contributed by atoms with E-state index >= 15 is 0 Å². The molecule has 182 valence electrons. The van der Waals surface area contributed by atoms with E-state index in [1.807, 2.05) is 67.3 Å². The van der Waals surface area contributed by atoms with Crippen molar-refractivity contribution in [2.75, 3.05) is 32.7 Å². The van der Waals surface area contributed by atoms with Crippen LogP contribution < -0.4 is 5.32 Å². The van der Waals surface area contributed by atoms with Gasteiger partial charge in [-0.3, -0.25) is 9.59 Å². The summed E-state index contributed by atoms with van der Waals surface area (Å²) in [5.74, 6) is 0.791. The lowest BCUT2D eigenvalue weighted by atomic mass is 10.0. The number of likely N-dealkylation sites (tertiary alicyclic amines) is 2. The fourth-order valence-electron chi connectivity index (χ4n) is 5.40. The van der Waals surface area contributed by atoms with Gasteiger partial charge < -0.3 is 20.2 Å². The van der Waals surface area contributed by atoms with Crippen LogP contribution >= 0.6 is 0 Å². The van der Waals surface area contributed by atoms with Crippen molar-refractivity contribution in [2.45, 2.75) is 45.8 Å². The Morgan fingerprint density at radius 3 is 2.12 bits per heavy atom. The van der Waals surface area contributed by atoms with Gasteiger partial charge in [0, 0.05) is 38.3 Å². The van der Waals surface area contributed by atoms with Gasteiger partial charge in [0.25, 0.3) is 11.8 Å². The lowest BCUT2D eigenvalue weighted by Crippen LogP contribution is -2.44. The van der Waals surface area contributed by atoms with E-state index in [0.717, 1.165) is 61.4 Å². The van der Waals surface area contributed by atoms with Crippen LogP contribution in [0.5, 0.6) is 0 Å². The van der Waals surface area contributed by atoms with E-state index in [2.05, 4.69) is 10.2 Å². The number of fused-ring (bicyclic) bond motifs is 1. The van der Waals surface area contributed by atoms with Crippen molar-refractivity contribution in [1.29, 1.82) is 0 Å². The summed E-state index contributed by atoms with van der Waals surface area (Å²) >= 11 is 0. The molecule has 0 radical (unpaired) electrons. The summed E-state index contributed by atoms with van der Waals surface area (Å²) in [6, 6.07) is 15.8. The van der Waals surface area contributed by atoms with E-state index in [0.29, 0.717) is 11.8 Å². The van der Waals surface area contributed by atoms with Gasteiger partial charge in [-0.25, -0.2) is 0 Å². The number of aliphatic hydroxyl groups is 1. The van der Waals surface area contributed by atoms with E-state index in [1.54, 1.807) is 0 Å². The first kappa shape index (κ1) is 24.4. The second kappa shape index (κ2) is 9.88. The number of benzene rings is 2. The zero-order valence-electron chi connectivity index (χ0n) is 20.8. The predicted octanol–water partition coefficient (Wildman–Crippen LogP) is 3.33. The minimum atomic E-state index is -1.41. The lowest BCUT2D eigenvalue weighted by Gasteiger charge is -2.27. The van der Waals surface area contributed by atoms with Gasteiger partial charge in [0.05, 0.1) is 6.04 Å². The molecule has 2 aromatic carbocycles. The largest absolute Gasteiger partial charge is 0.381 e. The maximum atomic E-state index is 13.2. The molecular formula is C28H37N3O3. The van der Waals surface area contributed by atoms with Crippen LogP contribution in [0.1, 0.15) is 53.4 Å². The van der Waals surface area contributed by atoms with Crippen molar-refractivity contribution in [1.82, 2.24) is 15.1 Å². The minimum absolute atomic E-state index is 0.150. The van der Waals surface area contributed by atoms with Crippen LogP contribution in [0, 0.1) is 25.7 Å². The highest BCUT2D eigenvalue weighted by molar-refractivity contribution is 5.97. The molecule has 2 heterocycles. The summed E-state index contributed by atoms with van der Waals surface area (Å²) in [7, 11) is 0. The van der Waals surface area contributed by atoms with Gasteiger partial charge in [0.15, 0.2) is 0 Å². The van der Waals surface area contributed by atoms with Crippen LogP contribution in [-0.2, 0) is 4.79 Å². The molecule has 6 nitrogen and oxygen atoms in total. The number of hydrogen-bond donors (Lipinski definition) is 2. The molecule has 0 bridgehead atoms. The van der Waals surface area contributed by atoms with E-state index < -0.39 is 5.60 Å². The van der Waals surface area contributed by atoms with Crippen molar-refractivity contribution in [3.05, 3.63) is 70.8 Å². The molecule has 34 heavy (non-hydrogen) atoms. The van der Waals surface area contributed by atoms with Gasteiger partial charge in [-0.2, -0.15) is 0 Å². The molecule has 2 fully saturated rings. The quantitative estimate of drug-likeness (QED) is 0.661. The third-order valence-electron chi connectivity index (χ3n) is 7.34. The number of carbonyl (C=O) groups excluding carboxylic acids is 2. The number of nitrogens with zero attached hydrogens (tertiary/aromatic N) is 2. The molecule has 0 aliphatic carbocycles. The fraction of sp³-hybridized carbons (Fsp3) is 0.500. The van der Waals surface area contributed by atoms with Crippen LogP contribution in [0.4, 0.5) is 0 Å². The number of nitrogens with one attached hydrogen (secondary N) is 1. The van der Waals surface area contributed by atoms with E-state index in [-0.39, 0.29) is 17.9 Å². The summed E-state index contributed by atoms with van der Waals surface area (Å²) in [6.07, 6.45) is 0.774. The number of amides is 2. The summed E-state index contributed by atoms with van der Waals surface area (Å²) in [4.78, 5) is 30.2. The molecule has 0 aromatic heterocycles. The minimum Gasteiger partial charge on any atom is -0.381 e. The Labute approximate surface area is 203 Å². The Kier molecular flexibility index (Phi) is 7.10. The number of rotatable bonds is 7. The first-order valence-electron chi connectivity index (χ1n) is 12.3. The van der Waals surface area contributed by atoms with Gasteiger partial charge in [0.1, 0.15) is 5.60 Å². The molecule has 2 N–H and O–H groups in total. The van der Waals surface area contributed by atoms with Crippen molar-refractivity contribution >= 4 is 11.8 Å². The van der Waals surface area contributed by atoms with Crippen molar-refractivity contribution < 1.29 is 14.7 Å². The maximum absolute atomic E-state index is 13.2. The van der Waals surface area contributed by atoms with Gasteiger partial charge in [-0.05, 0) is 62.6 Å². The first-order chi connectivity index (χ1) is 16.1. The van der Waals surface area contributed by atoms with Crippen LogP contribution in [0.15, 0.2) is 48.5 Å². The zero-order chi connectivity index (χ0) is 24.5. The van der Waals surface area contributed by atoms with Gasteiger partial charge >= 0.3 is 0 Å². The van der Waals surface area contributed by atoms with Gasteiger partial charge in [-0.1, -0.05) is 48.5 Å². The highest BCUT2D eigenvalue weighted by Crippen LogP contribution is 2.33.